The Labute approximate surface area is 128 Å². The molecule has 2 aromatic rings. The molecule has 0 radical (unpaired) electrons. The Kier molecular flexibility index (Phi) is 4.90. The Balaban J connectivity index is 2.06. The summed E-state index contributed by atoms with van der Waals surface area (Å²) in [4.78, 5) is 12.2. The number of anilines is 1. The van der Waals surface area contributed by atoms with Crippen LogP contribution in [-0.4, -0.2) is 22.2 Å². The smallest absolute Gasteiger partial charge is 0.267 e. The number of carbonyl (C=O) groups is 1. The van der Waals surface area contributed by atoms with E-state index in [-0.39, 0.29) is 5.91 Å². The largest absolute Gasteiger partial charge is 0.480 e. The highest BCUT2D eigenvalue weighted by Gasteiger charge is 2.20. The zero-order valence-corrected chi connectivity index (χ0v) is 13.5. The lowest BCUT2D eigenvalue weighted by molar-refractivity contribution is -0.122. The minimum atomic E-state index is -0.546. The number of carbonyl (C=O) groups excluding carboxylic acids is 1. The number of nitrogens with zero attached hydrogens (tertiary/aromatic N) is 2. The van der Waals surface area contributed by atoms with Crippen molar-refractivity contribution in [2.75, 3.05) is 5.32 Å². The van der Waals surface area contributed by atoms with Crippen molar-refractivity contribution in [2.45, 2.75) is 40.2 Å². The quantitative estimate of drug-likeness (QED) is 0.921. The molecule has 0 aliphatic rings. The van der Waals surface area contributed by atoms with E-state index < -0.39 is 6.10 Å². The molecule has 0 unspecified atom stereocenters. The van der Waals surface area contributed by atoms with E-state index in [2.05, 4.69) is 15.5 Å². The molecule has 1 aromatic heterocycles. The molecule has 0 saturated heterocycles. The molecule has 1 amide bonds. The first-order valence-corrected chi connectivity index (χ1v) is 7.66. The van der Waals surface area contributed by atoms with Crippen LogP contribution < -0.4 is 10.1 Å². The molecular weight excluding hydrogens is 286 g/mol. The molecule has 2 rings (SSSR count). The number of aromatic nitrogens is 2. The van der Waals surface area contributed by atoms with Crippen LogP contribution in [0, 0.1) is 20.8 Å². The molecule has 1 N–H and O–H groups in total. The number of rotatable bonds is 5. The minimum absolute atomic E-state index is 0.200. The molecule has 0 aliphatic carbocycles. The lowest BCUT2D eigenvalue weighted by atomic mass is 10.1. The van der Waals surface area contributed by atoms with Crippen molar-refractivity contribution in [3.63, 3.8) is 0 Å². The van der Waals surface area contributed by atoms with Gasteiger partial charge < -0.3 is 4.74 Å². The number of nitrogens with one attached hydrogen (secondary N) is 1. The van der Waals surface area contributed by atoms with Gasteiger partial charge in [0.25, 0.3) is 5.91 Å². The van der Waals surface area contributed by atoms with Crippen LogP contribution in [0.3, 0.4) is 0 Å². The van der Waals surface area contributed by atoms with Gasteiger partial charge in [0.05, 0.1) is 0 Å². The van der Waals surface area contributed by atoms with Crippen molar-refractivity contribution in [1.82, 2.24) is 10.2 Å². The number of hydrogen-bond donors (Lipinski definition) is 1. The molecule has 1 aromatic carbocycles. The van der Waals surface area contributed by atoms with Crippen LogP contribution >= 0.6 is 11.3 Å². The summed E-state index contributed by atoms with van der Waals surface area (Å²) in [6.07, 6.45) is 0.0346. The fourth-order valence-electron chi connectivity index (χ4n) is 1.94. The lowest BCUT2D eigenvalue weighted by Crippen LogP contribution is -2.32. The molecule has 21 heavy (non-hydrogen) atoms. The van der Waals surface area contributed by atoms with Gasteiger partial charge in [0.15, 0.2) is 6.10 Å². The molecule has 1 heterocycles. The van der Waals surface area contributed by atoms with Gasteiger partial charge in [-0.2, -0.15) is 0 Å². The highest BCUT2D eigenvalue weighted by molar-refractivity contribution is 7.15. The first kappa shape index (κ1) is 15.4. The topological polar surface area (TPSA) is 64.1 Å². The molecule has 0 fully saturated rings. The van der Waals surface area contributed by atoms with E-state index >= 15 is 0 Å². The highest BCUT2D eigenvalue weighted by atomic mass is 32.1. The molecule has 0 aliphatic heterocycles. The first-order chi connectivity index (χ1) is 9.99. The number of ether oxygens (including phenoxy) is 1. The van der Waals surface area contributed by atoms with Crippen LogP contribution in [0.1, 0.15) is 29.5 Å². The van der Waals surface area contributed by atoms with Crippen LogP contribution in [0.15, 0.2) is 18.2 Å². The highest BCUT2D eigenvalue weighted by Crippen LogP contribution is 2.22. The monoisotopic (exact) mass is 305 g/mol. The summed E-state index contributed by atoms with van der Waals surface area (Å²) in [7, 11) is 0. The van der Waals surface area contributed by atoms with E-state index in [0.717, 1.165) is 16.3 Å². The summed E-state index contributed by atoms with van der Waals surface area (Å²) in [5.74, 6) is 0.532. The summed E-state index contributed by atoms with van der Waals surface area (Å²) in [6.45, 7) is 7.76. The van der Waals surface area contributed by atoms with Crippen molar-refractivity contribution in [3.05, 3.63) is 34.3 Å². The molecule has 0 spiro atoms. The zero-order chi connectivity index (χ0) is 15.4. The van der Waals surface area contributed by atoms with Gasteiger partial charge >= 0.3 is 0 Å². The first-order valence-electron chi connectivity index (χ1n) is 6.84. The maximum Gasteiger partial charge on any atom is 0.267 e. The molecule has 0 bridgehead atoms. The van der Waals surface area contributed by atoms with Crippen molar-refractivity contribution in [2.24, 2.45) is 0 Å². The Morgan fingerprint density at radius 3 is 2.67 bits per heavy atom. The van der Waals surface area contributed by atoms with Gasteiger partial charge in [-0.25, -0.2) is 0 Å². The Morgan fingerprint density at radius 1 is 1.33 bits per heavy atom. The van der Waals surface area contributed by atoms with Crippen LogP contribution in [0.2, 0.25) is 0 Å². The van der Waals surface area contributed by atoms with Crippen LogP contribution in [0.4, 0.5) is 5.13 Å². The van der Waals surface area contributed by atoms with Gasteiger partial charge in [0, 0.05) is 0 Å². The van der Waals surface area contributed by atoms with E-state index in [9.17, 15) is 4.79 Å². The predicted molar refractivity (Wildman–Crippen MR) is 83.9 cm³/mol. The average Bonchev–Trinajstić information content (AvgIpc) is 2.83. The Morgan fingerprint density at radius 2 is 2.10 bits per heavy atom. The minimum Gasteiger partial charge on any atom is -0.480 e. The molecular formula is C15H19N3O2S. The Hall–Kier alpha value is -1.95. The predicted octanol–water partition coefficient (Wildman–Crippen LogP) is 3.26. The van der Waals surface area contributed by atoms with Crippen LogP contribution in [0.5, 0.6) is 5.75 Å². The van der Waals surface area contributed by atoms with Gasteiger partial charge in [0.2, 0.25) is 5.13 Å². The van der Waals surface area contributed by atoms with E-state index in [0.29, 0.717) is 11.6 Å². The fraction of sp³-hybridized carbons (Fsp3) is 0.400. The number of amides is 1. The van der Waals surface area contributed by atoms with E-state index in [1.54, 1.807) is 0 Å². The van der Waals surface area contributed by atoms with Crippen molar-refractivity contribution in [1.29, 1.82) is 0 Å². The summed E-state index contributed by atoms with van der Waals surface area (Å²) in [5.41, 5.74) is 2.19. The summed E-state index contributed by atoms with van der Waals surface area (Å²) >= 11 is 1.35. The van der Waals surface area contributed by atoms with Crippen molar-refractivity contribution < 1.29 is 9.53 Å². The molecule has 0 saturated carbocycles. The number of aryl methyl sites for hydroxylation is 3. The average molecular weight is 305 g/mol. The normalized spacial score (nSPS) is 12.0. The SMILES string of the molecule is CC[C@@H](Oc1ccc(C)cc1C)C(=O)Nc1nnc(C)s1. The number of hydrogen-bond acceptors (Lipinski definition) is 5. The standard InChI is InChI=1S/C15H19N3O2S/c1-5-12(14(19)16-15-18-17-11(4)21-15)20-13-7-6-9(2)8-10(13)3/h6-8,12H,5H2,1-4H3,(H,16,18,19)/t12-/m1/s1. The van der Waals surface area contributed by atoms with Gasteiger partial charge in [-0.1, -0.05) is 36.0 Å². The number of benzene rings is 1. The maximum atomic E-state index is 12.2. The molecule has 6 heteroatoms. The third-order valence-corrected chi connectivity index (χ3v) is 3.77. The molecule has 1 atom stereocenters. The fourth-order valence-corrected chi connectivity index (χ4v) is 2.53. The van der Waals surface area contributed by atoms with Gasteiger partial charge in [-0.05, 0) is 38.8 Å². The second-order valence-electron chi connectivity index (χ2n) is 4.90. The summed E-state index contributed by atoms with van der Waals surface area (Å²) < 4.78 is 5.83. The second kappa shape index (κ2) is 6.67. The summed E-state index contributed by atoms with van der Waals surface area (Å²) in [5, 5.41) is 11.8. The lowest BCUT2D eigenvalue weighted by Gasteiger charge is -2.18. The van der Waals surface area contributed by atoms with Crippen LogP contribution in [0.25, 0.3) is 0 Å². The van der Waals surface area contributed by atoms with Gasteiger partial charge in [0.1, 0.15) is 10.8 Å². The maximum absolute atomic E-state index is 12.2. The molecule has 5 nitrogen and oxygen atoms in total. The van der Waals surface area contributed by atoms with Gasteiger partial charge in [-0.15, -0.1) is 10.2 Å². The third-order valence-electron chi connectivity index (χ3n) is 3.02. The van der Waals surface area contributed by atoms with E-state index in [1.165, 1.54) is 16.9 Å². The van der Waals surface area contributed by atoms with Crippen molar-refractivity contribution in [3.8, 4) is 5.75 Å². The van der Waals surface area contributed by atoms with Crippen LogP contribution in [-0.2, 0) is 4.79 Å². The summed E-state index contributed by atoms with van der Waals surface area (Å²) in [6, 6.07) is 5.91. The van der Waals surface area contributed by atoms with Crippen molar-refractivity contribution >= 4 is 22.4 Å². The molecule has 112 valence electrons. The third kappa shape index (κ3) is 4.01. The van der Waals surface area contributed by atoms with E-state index in [4.69, 9.17) is 4.74 Å². The van der Waals surface area contributed by atoms with E-state index in [1.807, 2.05) is 45.9 Å². The zero-order valence-electron chi connectivity index (χ0n) is 12.6. The second-order valence-corrected chi connectivity index (χ2v) is 6.08. The van der Waals surface area contributed by atoms with Gasteiger partial charge in [-0.3, -0.25) is 10.1 Å². The Bertz CT molecular complexity index is 640.